The number of aliphatic hydroxyl groups is 2. The molecule has 0 saturated carbocycles. The minimum absolute atomic E-state index is 0.232. The number of aliphatic hydroxyl groups excluding tert-OH is 2. The fourth-order valence-electron chi connectivity index (χ4n) is 2.16. The molecular weight excluding hydrogens is 355 g/mol. The van der Waals surface area contributed by atoms with Gasteiger partial charge in [0.2, 0.25) is 0 Å². The monoisotopic (exact) mass is 368 g/mol. The fraction of sp³-hybridized carbons (Fsp3) is 0.143. The highest BCUT2D eigenvalue weighted by Crippen LogP contribution is 2.63. The minimum Gasteiger partial charge on any atom is -0.378 e. The molecule has 2 aromatic carbocycles. The van der Waals surface area contributed by atoms with Gasteiger partial charge >= 0.3 is 0 Å². The maximum Gasteiger partial charge on any atom is 0.269 e. The van der Waals surface area contributed by atoms with Crippen molar-refractivity contribution in [3.05, 3.63) is 79.9 Å². The molecule has 11 heteroatoms. The summed E-state index contributed by atoms with van der Waals surface area (Å²) >= 11 is 0. The van der Waals surface area contributed by atoms with Crippen molar-refractivity contribution in [1.29, 1.82) is 0 Å². The maximum absolute atomic E-state index is 12.5. The molecule has 0 radical (unpaired) electrons. The predicted molar refractivity (Wildman–Crippen MR) is 85.9 cm³/mol. The Labute approximate surface area is 140 Å². The molecule has 0 spiro atoms. The Hall–Kier alpha value is -2.65. The largest absolute Gasteiger partial charge is 0.378 e. The van der Waals surface area contributed by atoms with Crippen molar-refractivity contribution < 1.29 is 29.5 Å². The predicted octanol–water partition coefficient (Wildman–Crippen LogP) is 2.46. The highest BCUT2D eigenvalue weighted by atomic mass is 31.2. The van der Waals surface area contributed by atoms with Crippen LogP contribution in [0.1, 0.15) is 22.8 Å². The van der Waals surface area contributed by atoms with E-state index in [1.807, 2.05) is 0 Å². The molecule has 3 N–H and O–H groups in total. The van der Waals surface area contributed by atoms with Gasteiger partial charge in [-0.05, 0) is 11.1 Å². The molecule has 132 valence electrons. The molecule has 0 heterocycles. The van der Waals surface area contributed by atoms with Crippen molar-refractivity contribution in [2.75, 3.05) is 0 Å². The average Bonchev–Trinajstić information content (AvgIpc) is 2.60. The van der Waals surface area contributed by atoms with Crippen LogP contribution in [0.3, 0.4) is 0 Å². The van der Waals surface area contributed by atoms with Gasteiger partial charge < -0.3 is 15.1 Å². The lowest BCUT2D eigenvalue weighted by Gasteiger charge is -2.23. The standard InChI is InChI=1S/C14H13N2O8P/c17-13(9-3-1-5-11(7-9)15(19)20)25(23,24)14(18)10-4-2-6-12(8-10)16(21)22/h1-8,13-14,17-18H,(H,23,24). The lowest BCUT2D eigenvalue weighted by atomic mass is 10.2. The SMILES string of the molecule is O=[N+]([O-])c1cccc(C(O)P(=O)(O)C(O)c2cccc([N+](=O)[O-])c2)c1. The zero-order valence-corrected chi connectivity index (χ0v) is 13.4. The van der Waals surface area contributed by atoms with E-state index in [1.54, 1.807) is 0 Å². The molecule has 2 unspecified atom stereocenters. The van der Waals surface area contributed by atoms with Crippen LogP contribution in [0, 0.1) is 20.2 Å². The van der Waals surface area contributed by atoms with Crippen LogP contribution in [-0.2, 0) is 4.57 Å². The van der Waals surface area contributed by atoms with Crippen LogP contribution in [0.25, 0.3) is 0 Å². The van der Waals surface area contributed by atoms with E-state index in [1.165, 1.54) is 24.3 Å². The van der Waals surface area contributed by atoms with Gasteiger partial charge in [0.1, 0.15) is 0 Å². The van der Waals surface area contributed by atoms with Gasteiger partial charge in [-0.1, -0.05) is 24.3 Å². The first kappa shape index (κ1) is 18.7. The Morgan fingerprint density at radius 1 is 0.840 bits per heavy atom. The van der Waals surface area contributed by atoms with Gasteiger partial charge in [-0.3, -0.25) is 24.8 Å². The number of nitro groups is 2. The second-order valence-corrected chi connectivity index (χ2v) is 7.45. The summed E-state index contributed by atoms with van der Waals surface area (Å²) in [5.41, 5.74) is -1.27. The van der Waals surface area contributed by atoms with Crippen LogP contribution < -0.4 is 0 Å². The summed E-state index contributed by atoms with van der Waals surface area (Å²) in [7, 11) is -4.75. The summed E-state index contributed by atoms with van der Waals surface area (Å²) in [5.74, 6) is -4.22. The topological polar surface area (TPSA) is 164 Å². The molecule has 0 saturated heterocycles. The fourth-order valence-corrected chi connectivity index (χ4v) is 3.60. The van der Waals surface area contributed by atoms with Crippen molar-refractivity contribution >= 4 is 18.7 Å². The first-order valence-electron chi connectivity index (χ1n) is 6.81. The van der Waals surface area contributed by atoms with Gasteiger partial charge in [-0.2, -0.15) is 0 Å². The maximum atomic E-state index is 12.5. The number of hydrogen-bond donors (Lipinski definition) is 3. The van der Waals surface area contributed by atoms with E-state index in [0.29, 0.717) is 0 Å². The Balaban J connectivity index is 2.38. The third-order valence-corrected chi connectivity index (χ3v) is 5.46. The molecule has 0 aromatic heterocycles. The van der Waals surface area contributed by atoms with Crippen LogP contribution in [-0.4, -0.2) is 25.0 Å². The van der Waals surface area contributed by atoms with E-state index in [4.69, 9.17) is 0 Å². The zero-order chi connectivity index (χ0) is 18.8. The van der Waals surface area contributed by atoms with Crippen LogP contribution >= 0.6 is 7.37 Å². The Morgan fingerprint density at radius 2 is 1.20 bits per heavy atom. The third-order valence-electron chi connectivity index (χ3n) is 3.46. The molecule has 2 atom stereocenters. The normalized spacial score (nSPS) is 15.8. The van der Waals surface area contributed by atoms with Crippen molar-refractivity contribution in [2.45, 2.75) is 11.7 Å². The molecule has 0 bridgehead atoms. The van der Waals surface area contributed by atoms with Gasteiger partial charge in [-0.25, -0.2) is 0 Å². The Bertz CT molecular complexity index is 804. The van der Waals surface area contributed by atoms with E-state index in [-0.39, 0.29) is 11.1 Å². The van der Waals surface area contributed by atoms with Crippen LogP contribution in [0.4, 0.5) is 11.4 Å². The molecule has 10 nitrogen and oxygen atoms in total. The minimum atomic E-state index is -4.75. The van der Waals surface area contributed by atoms with Crippen molar-refractivity contribution in [1.82, 2.24) is 0 Å². The number of rotatable bonds is 6. The summed E-state index contributed by atoms with van der Waals surface area (Å²) in [4.78, 5) is 30.2. The third kappa shape index (κ3) is 3.89. The van der Waals surface area contributed by atoms with Crippen molar-refractivity contribution in [2.24, 2.45) is 0 Å². The van der Waals surface area contributed by atoms with Gasteiger partial charge in [0.25, 0.3) is 18.7 Å². The molecule has 0 aliphatic heterocycles. The van der Waals surface area contributed by atoms with Crippen LogP contribution in [0.5, 0.6) is 0 Å². The molecular formula is C14H13N2O8P. The highest BCUT2D eigenvalue weighted by Gasteiger charge is 2.40. The number of nitro benzene ring substituents is 2. The van der Waals surface area contributed by atoms with E-state index in [9.17, 15) is 39.9 Å². The Morgan fingerprint density at radius 3 is 1.52 bits per heavy atom. The zero-order valence-electron chi connectivity index (χ0n) is 12.5. The van der Waals surface area contributed by atoms with E-state index >= 15 is 0 Å². The Kier molecular flexibility index (Phi) is 5.29. The first-order valence-corrected chi connectivity index (χ1v) is 8.61. The second-order valence-electron chi connectivity index (χ2n) is 5.12. The van der Waals surface area contributed by atoms with E-state index in [0.717, 1.165) is 24.3 Å². The van der Waals surface area contributed by atoms with Crippen molar-refractivity contribution in [3.8, 4) is 0 Å². The smallest absolute Gasteiger partial charge is 0.269 e. The number of hydrogen-bond acceptors (Lipinski definition) is 7. The molecule has 0 amide bonds. The summed E-state index contributed by atoms with van der Waals surface area (Å²) in [6.07, 6.45) is 0. The molecule has 0 fully saturated rings. The van der Waals surface area contributed by atoms with Gasteiger partial charge in [-0.15, -0.1) is 0 Å². The summed E-state index contributed by atoms with van der Waals surface area (Å²) < 4.78 is 12.5. The number of benzene rings is 2. The highest BCUT2D eigenvalue weighted by molar-refractivity contribution is 7.58. The molecule has 0 aliphatic carbocycles. The molecule has 2 aromatic rings. The van der Waals surface area contributed by atoms with Gasteiger partial charge in [0.15, 0.2) is 11.7 Å². The van der Waals surface area contributed by atoms with Crippen LogP contribution in [0.15, 0.2) is 48.5 Å². The quantitative estimate of drug-likeness (QED) is 0.397. The summed E-state index contributed by atoms with van der Waals surface area (Å²) in [6.45, 7) is 0. The number of nitrogens with zero attached hydrogens (tertiary/aromatic N) is 2. The lowest BCUT2D eigenvalue weighted by Crippen LogP contribution is -2.08. The average molecular weight is 368 g/mol. The number of non-ortho nitro benzene ring substituents is 2. The van der Waals surface area contributed by atoms with Gasteiger partial charge in [0.05, 0.1) is 9.85 Å². The van der Waals surface area contributed by atoms with Crippen molar-refractivity contribution in [3.63, 3.8) is 0 Å². The molecule has 25 heavy (non-hydrogen) atoms. The summed E-state index contributed by atoms with van der Waals surface area (Å²) in [6, 6.07) is 8.92. The molecule has 2 rings (SSSR count). The van der Waals surface area contributed by atoms with Crippen LogP contribution in [0.2, 0.25) is 0 Å². The van der Waals surface area contributed by atoms with E-state index < -0.39 is 40.3 Å². The summed E-state index contributed by atoms with van der Waals surface area (Å²) in [5, 5.41) is 41.8. The second kappa shape index (κ2) is 7.08. The van der Waals surface area contributed by atoms with E-state index in [2.05, 4.69) is 0 Å². The van der Waals surface area contributed by atoms with Gasteiger partial charge in [0, 0.05) is 24.3 Å². The lowest BCUT2D eigenvalue weighted by molar-refractivity contribution is -0.385. The first-order chi connectivity index (χ1) is 11.6. The molecule has 0 aliphatic rings.